The molecule has 3 N–H and O–H groups in total. The number of fused-ring (bicyclic) bond motifs is 1. The van der Waals surface area contributed by atoms with Crippen molar-refractivity contribution in [2.24, 2.45) is 5.14 Å². The van der Waals surface area contributed by atoms with Gasteiger partial charge in [0.25, 0.3) is 10.0 Å². The minimum absolute atomic E-state index is 0.251. The molecule has 0 amide bonds. The molecule has 0 saturated carbocycles. The summed E-state index contributed by atoms with van der Waals surface area (Å²) in [6, 6.07) is 6.20. The van der Waals surface area contributed by atoms with E-state index in [1.807, 2.05) is 0 Å². The smallest absolute Gasteiger partial charge is 0.336 e. The van der Waals surface area contributed by atoms with Crippen LogP contribution < -0.4 is 5.14 Å². The second-order valence-corrected chi connectivity index (χ2v) is 4.77. The summed E-state index contributed by atoms with van der Waals surface area (Å²) in [6.45, 7) is 0. The molecule has 1 heterocycles. The molecule has 0 bridgehead atoms. The summed E-state index contributed by atoms with van der Waals surface area (Å²) in [4.78, 5) is 5.71. The highest BCUT2D eigenvalue weighted by molar-refractivity contribution is 7.89. The lowest BCUT2D eigenvalue weighted by Gasteiger charge is -2.09. The van der Waals surface area contributed by atoms with E-state index in [0.717, 1.165) is 0 Å². The van der Waals surface area contributed by atoms with E-state index < -0.39 is 21.1 Å². The molecule has 0 aliphatic heterocycles. The first-order valence-corrected chi connectivity index (χ1v) is 5.72. The Morgan fingerprint density at radius 1 is 1.31 bits per heavy atom. The number of aromatic nitrogens is 2. The van der Waals surface area contributed by atoms with Gasteiger partial charge in [0.1, 0.15) is 0 Å². The van der Waals surface area contributed by atoms with E-state index in [1.54, 1.807) is 12.1 Å². The Bertz CT molecular complexity index is 603. The molecular weight excluding hydrogens is 240 g/mol. The Hall–Kier alpha value is -1.54. The molecule has 0 aliphatic rings. The van der Waals surface area contributed by atoms with Gasteiger partial charge in [0.15, 0.2) is 5.82 Å². The first-order valence-electron chi connectivity index (χ1n) is 4.18. The molecule has 1 aromatic carbocycles. The number of rotatable bonds is 2. The molecule has 8 heteroatoms. The monoisotopic (exact) mass is 247 g/mol. The second kappa shape index (κ2) is 3.22. The lowest BCUT2D eigenvalue weighted by Crippen LogP contribution is -2.33. The Labute approximate surface area is 89.3 Å². The number of hydrogen-bond donors (Lipinski definition) is 2. The van der Waals surface area contributed by atoms with Gasteiger partial charge in [-0.2, -0.15) is 8.78 Å². The van der Waals surface area contributed by atoms with Gasteiger partial charge in [0.2, 0.25) is 0 Å². The van der Waals surface area contributed by atoms with Crippen molar-refractivity contribution in [1.82, 2.24) is 9.97 Å². The number of halogens is 2. The fraction of sp³-hybridized carbons (Fsp3) is 0.125. The molecule has 5 nitrogen and oxygen atoms in total. The van der Waals surface area contributed by atoms with E-state index in [-0.39, 0.29) is 5.52 Å². The summed E-state index contributed by atoms with van der Waals surface area (Å²) >= 11 is 0. The number of primary sulfonamides is 1. The molecule has 86 valence electrons. The number of benzene rings is 1. The maximum Gasteiger partial charge on any atom is 0.415 e. The first-order chi connectivity index (χ1) is 7.32. The molecule has 0 atom stereocenters. The summed E-state index contributed by atoms with van der Waals surface area (Å²) in [5, 5.41) is 0.213. The Morgan fingerprint density at radius 3 is 2.50 bits per heavy atom. The molecule has 0 fully saturated rings. The number of imidazole rings is 1. The SMILES string of the molecule is NS(=O)(=O)C(F)(F)c1nc2ccccc2[nH]1. The summed E-state index contributed by atoms with van der Waals surface area (Å²) in [5.41, 5.74) is 0.571. The van der Waals surface area contributed by atoms with Crippen LogP contribution in [0.3, 0.4) is 0 Å². The average Bonchev–Trinajstić information content (AvgIpc) is 2.59. The van der Waals surface area contributed by atoms with Crippen molar-refractivity contribution >= 4 is 21.1 Å². The van der Waals surface area contributed by atoms with Gasteiger partial charge in [0.05, 0.1) is 11.0 Å². The second-order valence-electron chi connectivity index (χ2n) is 3.16. The zero-order valence-electron chi connectivity index (χ0n) is 7.81. The van der Waals surface area contributed by atoms with Crippen molar-refractivity contribution in [1.29, 1.82) is 0 Å². The van der Waals surface area contributed by atoms with E-state index in [2.05, 4.69) is 15.1 Å². The first kappa shape index (κ1) is 11.0. The number of sulfonamides is 1. The summed E-state index contributed by atoms with van der Waals surface area (Å²) in [5.74, 6) is -0.976. The van der Waals surface area contributed by atoms with Crippen molar-refractivity contribution in [3.63, 3.8) is 0 Å². The predicted molar refractivity (Wildman–Crippen MR) is 53.1 cm³/mol. The predicted octanol–water partition coefficient (Wildman–Crippen LogP) is 0.901. The van der Waals surface area contributed by atoms with Crippen LogP contribution in [0.5, 0.6) is 0 Å². The van der Waals surface area contributed by atoms with Gasteiger partial charge in [-0.1, -0.05) is 12.1 Å². The highest BCUT2D eigenvalue weighted by Gasteiger charge is 2.47. The molecule has 2 aromatic rings. The number of para-hydroxylation sites is 2. The minimum Gasteiger partial charge on any atom is -0.336 e. The van der Waals surface area contributed by atoms with Gasteiger partial charge < -0.3 is 4.98 Å². The van der Waals surface area contributed by atoms with Crippen molar-refractivity contribution in [2.45, 2.75) is 5.25 Å². The van der Waals surface area contributed by atoms with Crippen LogP contribution >= 0.6 is 0 Å². The van der Waals surface area contributed by atoms with Crippen molar-refractivity contribution < 1.29 is 17.2 Å². The summed E-state index contributed by atoms with van der Waals surface area (Å²) in [7, 11) is -5.03. The van der Waals surface area contributed by atoms with Crippen LogP contribution in [0.2, 0.25) is 0 Å². The molecule has 0 spiro atoms. The number of H-pyrrole nitrogens is 1. The number of nitrogens with two attached hydrogens (primary N) is 1. The third-order valence-electron chi connectivity index (χ3n) is 2.02. The third kappa shape index (κ3) is 1.55. The number of nitrogens with one attached hydrogen (secondary N) is 1. The van der Waals surface area contributed by atoms with E-state index in [1.165, 1.54) is 12.1 Å². The summed E-state index contributed by atoms with van der Waals surface area (Å²) < 4.78 is 48.0. The Morgan fingerprint density at radius 2 is 1.94 bits per heavy atom. The number of nitrogens with zero attached hydrogens (tertiary/aromatic N) is 1. The minimum atomic E-state index is -5.03. The largest absolute Gasteiger partial charge is 0.415 e. The fourth-order valence-corrected chi connectivity index (χ4v) is 1.59. The van der Waals surface area contributed by atoms with E-state index in [0.29, 0.717) is 5.52 Å². The van der Waals surface area contributed by atoms with E-state index in [4.69, 9.17) is 0 Å². The number of aromatic amines is 1. The molecule has 0 unspecified atom stereocenters. The molecule has 1 aromatic heterocycles. The maximum atomic E-state index is 13.3. The van der Waals surface area contributed by atoms with E-state index >= 15 is 0 Å². The highest BCUT2D eigenvalue weighted by atomic mass is 32.2. The topological polar surface area (TPSA) is 88.8 Å². The number of alkyl halides is 2. The van der Waals surface area contributed by atoms with Crippen LogP contribution in [0.1, 0.15) is 5.82 Å². The average molecular weight is 247 g/mol. The van der Waals surface area contributed by atoms with Crippen molar-refractivity contribution in [3.05, 3.63) is 30.1 Å². The van der Waals surface area contributed by atoms with E-state index in [9.17, 15) is 17.2 Å². The van der Waals surface area contributed by atoms with Crippen molar-refractivity contribution in [2.75, 3.05) is 0 Å². The van der Waals surface area contributed by atoms with Crippen LogP contribution in [0.15, 0.2) is 24.3 Å². The standard InChI is InChI=1S/C8H7F2N3O2S/c9-8(10,16(11,14)15)7-12-5-3-1-2-4-6(5)13-7/h1-4H,(H,12,13)(H2,11,14,15). The van der Waals surface area contributed by atoms with Crippen LogP contribution in [0.25, 0.3) is 11.0 Å². The van der Waals surface area contributed by atoms with Gasteiger partial charge in [-0.3, -0.25) is 0 Å². The third-order valence-corrected chi connectivity index (χ3v) is 2.93. The lowest BCUT2D eigenvalue weighted by molar-refractivity contribution is 0.0816. The molecule has 0 saturated heterocycles. The van der Waals surface area contributed by atoms with Gasteiger partial charge >= 0.3 is 5.25 Å². The maximum absolute atomic E-state index is 13.3. The Balaban J connectivity index is 2.65. The van der Waals surface area contributed by atoms with Crippen molar-refractivity contribution in [3.8, 4) is 0 Å². The Kier molecular flexibility index (Phi) is 2.21. The molecule has 0 radical (unpaired) electrons. The van der Waals surface area contributed by atoms with Gasteiger partial charge in [-0.05, 0) is 12.1 Å². The number of hydrogen-bond acceptors (Lipinski definition) is 3. The van der Waals surface area contributed by atoms with Crippen LogP contribution in [0, 0.1) is 0 Å². The zero-order chi connectivity index (χ0) is 12.0. The van der Waals surface area contributed by atoms with Gasteiger partial charge in [0, 0.05) is 0 Å². The molecule has 16 heavy (non-hydrogen) atoms. The van der Waals surface area contributed by atoms with Gasteiger partial charge in [-0.15, -0.1) is 0 Å². The van der Waals surface area contributed by atoms with Gasteiger partial charge in [-0.25, -0.2) is 18.5 Å². The fourth-order valence-electron chi connectivity index (χ4n) is 1.23. The zero-order valence-corrected chi connectivity index (χ0v) is 8.63. The normalized spacial score (nSPS) is 13.2. The molecule has 0 aliphatic carbocycles. The molecular formula is C8H7F2N3O2S. The van der Waals surface area contributed by atoms with Crippen LogP contribution in [-0.2, 0) is 15.3 Å². The quantitative estimate of drug-likeness (QED) is 0.826. The highest BCUT2D eigenvalue weighted by Crippen LogP contribution is 2.31. The lowest BCUT2D eigenvalue weighted by atomic mass is 10.3. The molecule has 2 rings (SSSR count). The van der Waals surface area contributed by atoms with Crippen LogP contribution in [-0.4, -0.2) is 18.4 Å². The summed E-state index contributed by atoms with van der Waals surface area (Å²) in [6.07, 6.45) is 0. The van der Waals surface area contributed by atoms with Crippen LogP contribution in [0.4, 0.5) is 8.78 Å².